The zero-order chi connectivity index (χ0) is 16.3. The predicted molar refractivity (Wildman–Crippen MR) is 111 cm³/mol. The van der Waals surface area contributed by atoms with E-state index < -0.39 is 0 Å². The van der Waals surface area contributed by atoms with Gasteiger partial charge in [-0.15, -0.1) is 24.0 Å². The number of nitrogens with zero attached hydrogens (tertiary/aromatic N) is 2. The van der Waals surface area contributed by atoms with Crippen molar-refractivity contribution in [1.29, 1.82) is 0 Å². The number of rotatable bonds is 3. The van der Waals surface area contributed by atoms with Crippen LogP contribution in [0.3, 0.4) is 0 Å². The first-order chi connectivity index (χ1) is 11.1. The summed E-state index contributed by atoms with van der Waals surface area (Å²) in [7, 11) is 1.86. The third-order valence-electron chi connectivity index (χ3n) is 4.07. The van der Waals surface area contributed by atoms with Crippen molar-refractivity contribution in [2.75, 3.05) is 39.2 Å². The molecule has 2 aliphatic heterocycles. The molecule has 1 N–H and O–H groups in total. The number of benzene rings is 1. The number of hydrogen-bond acceptors (Lipinski definition) is 4. The highest BCUT2D eigenvalue weighted by molar-refractivity contribution is 14.0. The molecule has 0 unspecified atom stereocenters. The minimum absolute atomic E-state index is 0. The van der Waals surface area contributed by atoms with Gasteiger partial charge in [0, 0.05) is 37.2 Å². The molecule has 2 aliphatic rings. The van der Waals surface area contributed by atoms with E-state index in [2.05, 4.69) is 41.2 Å². The molecule has 0 amide bonds. The average Bonchev–Trinajstić information content (AvgIpc) is 2.98. The number of hydrogen-bond donors (Lipinski definition) is 1. The minimum Gasteiger partial charge on any atom is -0.454 e. The summed E-state index contributed by atoms with van der Waals surface area (Å²) in [6.45, 7) is 7.86. The summed E-state index contributed by atoms with van der Waals surface area (Å²) in [6, 6.07) is 6.14. The van der Waals surface area contributed by atoms with Crippen molar-refractivity contribution in [1.82, 2.24) is 10.2 Å². The summed E-state index contributed by atoms with van der Waals surface area (Å²) >= 11 is 2.03. The van der Waals surface area contributed by atoms with Crippen LogP contribution in [0.2, 0.25) is 0 Å². The maximum Gasteiger partial charge on any atom is 0.231 e. The summed E-state index contributed by atoms with van der Waals surface area (Å²) < 4.78 is 11.1. The van der Waals surface area contributed by atoms with Gasteiger partial charge in [-0.2, -0.15) is 11.8 Å². The molecule has 0 atom stereocenters. The van der Waals surface area contributed by atoms with Crippen LogP contribution in [0.25, 0.3) is 0 Å². The van der Waals surface area contributed by atoms with E-state index in [0.717, 1.165) is 49.3 Å². The molecule has 5 nitrogen and oxygen atoms in total. The Morgan fingerprint density at radius 3 is 2.88 bits per heavy atom. The first kappa shape index (κ1) is 19.5. The first-order valence-corrected chi connectivity index (χ1v) is 9.04. The molecule has 0 radical (unpaired) electrons. The first-order valence-electron chi connectivity index (χ1n) is 8.05. The Hall–Kier alpha value is -0.830. The van der Waals surface area contributed by atoms with Crippen LogP contribution in [-0.2, 0) is 6.42 Å². The van der Waals surface area contributed by atoms with Gasteiger partial charge in [0.25, 0.3) is 0 Å². The average molecular weight is 463 g/mol. The van der Waals surface area contributed by atoms with Gasteiger partial charge in [0.2, 0.25) is 6.79 Å². The molecule has 3 rings (SSSR count). The second kappa shape index (κ2) is 8.51. The summed E-state index contributed by atoms with van der Waals surface area (Å²) in [4.78, 5) is 6.80. The Kier molecular flexibility index (Phi) is 6.91. The molecule has 1 aromatic carbocycles. The Balaban J connectivity index is 0.00000208. The van der Waals surface area contributed by atoms with Crippen LogP contribution in [0.5, 0.6) is 11.5 Å². The van der Waals surface area contributed by atoms with Gasteiger partial charge in [-0.3, -0.25) is 4.99 Å². The largest absolute Gasteiger partial charge is 0.454 e. The van der Waals surface area contributed by atoms with Crippen LogP contribution in [-0.4, -0.2) is 54.8 Å². The maximum absolute atomic E-state index is 5.43. The second-order valence-electron chi connectivity index (χ2n) is 6.44. The summed E-state index contributed by atoms with van der Waals surface area (Å²) in [5.41, 5.74) is 1.24. The summed E-state index contributed by atoms with van der Waals surface area (Å²) in [5, 5.41) is 3.49. The molecule has 24 heavy (non-hydrogen) atoms. The number of aliphatic imine (C=N–C) groups is 1. The molecule has 0 bridgehead atoms. The molecule has 1 aromatic rings. The molecule has 1 saturated heterocycles. The number of ether oxygens (including phenoxy) is 2. The SMILES string of the molecule is CN=C(NCCc1ccc2c(c1)OCO2)N1CCSC(C)(C)C1.I. The maximum atomic E-state index is 5.43. The van der Waals surface area contributed by atoms with E-state index in [1.54, 1.807) is 0 Å². The van der Waals surface area contributed by atoms with Crippen molar-refractivity contribution >= 4 is 41.7 Å². The smallest absolute Gasteiger partial charge is 0.231 e. The molecule has 2 heterocycles. The fourth-order valence-corrected chi connectivity index (χ4v) is 4.06. The number of fused-ring (bicyclic) bond motifs is 1. The number of thioether (sulfide) groups is 1. The molecule has 0 saturated carbocycles. The fourth-order valence-electron chi connectivity index (χ4n) is 2.94. The van der Waals surface area contributed by atoms with Crippen LogP contribution >= 0.6 is 35.7 Å². The van der Waals surface area contributed by atoms with Gasteiger partial charge in [0.15, 0.2) is 17.5 Å². The minimum atomic E-state index is 0. The molecule has 0 aromatic heterocycles. The fraction of sp³-hybridized carbons (Fsp3) is 0.588. The van der Waals surface area contributed by atoms with E-state index >= 15 is 0 Å². The summed E-state index contributed by atoms with van der Waals surface area (Å²) in [5.74, 6) is 3.84. The van der Waals surface area contributed by atoms with Gasteiger partial charge in [0.05, 0.1) is 0 Å². The second-order valence-corrected chi connectivity index (χ2v) is 8.24. The highest BCUT2D eigenvalue weighted by atomic mass is 127. The lowest BCUT2D eigenvalue weighted by molar-refractivity contribution is 0.174. The van der Waals surface area contributed by atoms with Gasteiger partial charge < -0.3 is 19.7 Å². The predicted octanol–water partition coefficient (Wildman–Crippen LogP) is 2.98. The topological polar surface area (TPSA) is 46.1 Å². The lowest BCUT2D eigenvalue weighted by Crippen LogP contribution is -2.51. The Morgan fingerprint density at radius 1 is 1.33 bits per heavy atom. The molecule has 1 fully saturated rings. The van der Waals surface area contributed by atoms with E-state index in [1.165, 1.54) is 5.56 Å². The number of nitrogens with one attached hydrogen (secondary N) is 1. The number of guanidine groups is 1. The van der Waals surface area contributed by atoms with Crippen LogP contribution < -0.4 is 14.8 Å². The van der Waals surface area contributed by atoms with Crippen molar-refractivity contribution in [2.24, 2.45) is 4.99 Å². The van der Waals surface area contributed by atoms with E-state index in [0.29, 0.717) is 6.79 Å². The van der Waals surface area contributed by atoms with Crippen molar-refractivity contribution in [3.63, 3.8) is 0 Å². The van der Waals surface area contributed by atoms with Crippen molar-refractivity contribution in [2.45, 2.75) is 25.0 Å². The van der Waals surface area contributed by atoms with Gasteiger partial charge in [-0.1, -0.05) is 6.07 Å². The monoisotopic (exact) mass is 463 g/mol. The van der Waals surface area contributed by atoms with E-state index in [9.17, 15) is 0 Å². The lowest BCUT2D eigenvalue weighted by atomic mass is 10.1. The molecular weight excluding hydrogens is 437 g/mol. The molecule has 0 aliphatic carbocycles. The van der Waals surface area contributed by atoms with Gasteiger partial charge in [-0.05, 0) is 38.0 Å². The quantitative estimate of drug-likeness (QED) is 0.425. The molecule has 7 heteroatoms. The normalized spacial score (nSPS) is 19.0. The van der Waals surface area contributed by atoms with Crippen LogP contribution in [0.1, 0.15) is 19.4 Å². The van der Waals surface area contributed by atoms with Gasteiger partial charge in [-0.25, -0.2) is 0 Å². The zero-order valence-corrected chi connectivity index (χ0v) is 17.6. The van der Waals surface area contributed by atoms with E-state index in [-0.39, 0.29) is 28.7 Å². The highest BCUT2D eigenvalue weighted by Gasteiger charge is 2.28. The van der Waals surface area contributed by atoms with Crippen LogP contribution in [0.4, 0.5) is 0 Å². The Bertz CT molecular complexity index is 595. The van der Waals surface area contributed by atoms with Crippen molar-refractivity contribution < 1.29 is 9.47 Å². The Labute approximate surface area is 165 Å². The zero-order valence-electron chi connectivity index (χ0n) is 14.5. The number of halogens is 1. The van der Waals surface area contributed by atoms with Crippen LogP contribution in [0.15, 0.2) is 23.2 Å². The van der Waals surface area contributed by atoms with E-state index in [4.69, 9.17) is 9.47 Å². The lowest BCUT2D eigenvalue weighted by Gasteiger charge is -2.39. The third kappa shape index (κ3) is 4.84. The van der Waals surface area contributed by atoms with Crippen molar-refractivity contribution in [3.05, 3.63) is 23.8 Å². The molecule has 0 spiro atoms. The van der Waals surface area contributed by atoms with E-state index in [1.807, 2.05) is 24.9 Å². The Morgan fingerprint density at radius 2 is 2.12 bits per heavy atom. The van der Waals surface area contributed by atoms with Crippen molar-refractivity contribution in [3.8, 4) is 11.5 Å². The standard InChI is InChI=1S/C17H25N3O2S.HI/c1-17(2)11-20(8-9-23-17)16(18-3)19-7-6-13-4-5-14-15(10-13)22-12-21-14;/h4-5,10H,6-9,11-12H2,1-3H3,(H,18,19);1H. The highest BCUT2D eigenvalue weighted by Crippen LogP contribution is 2.32. The summed E-state index contributed by atoms with van der Waals surface area (Å²) in [6.07, 6.45) is 0.932. The third-order valence-corrected chi connectivity index (χ3v) is 5.37. The molecular formula is C17H26IN3O2S. The molecule has 134 valence electrons. The van der Waals surface area contributed by atoms with Gasteiger partial charge >= 0.3 is 0 Å². The van der Waals surface area contributed by atoms with Gasteiger partial charge in [0.1, 0.15) is 0 Å². The van der Waals surface area contributed by atoms with Crippen LogP contribution in [0, 0.1) is 0 Å².